The molecule has 0 aliphatic carbocycles. The van der Waals surface area contributed by atoms with E-state index >= 15 is 0 Å². The van der Waals surface area contributed by atoms with Crippen LogP contribution in [0.5, 0.6) is 5.75 Å². The summed E-state index contributed by atoms with van der Waals surface area (Å²) in [5.74, 6) is 0.893. The quantitative estimate of drug-likeness (QED) is 0.605. The molecule has 0 atom stereocenters. The third kappa shape index (κ3) is 4.23. The van der Waals surface area contributed by atoms with Crippen molar-refractivity contribution in [2.24, 2.45) is 5.16 Å². The maximum Gasteiger partial charge on any atom is 0.225 e. The molecule has 1 aliphatic rings. The number of hydrogen-bond acceptors (Lipinski definition) is 7. The monoisotopic (exact) mass is 408 g/mol. The number of benzene rings is 2. The second-order valence-electron chi connectivity index (χ2n) is 6.84. The maximum atomic E-state index is 14.4. The lowest BCUT2D eigenvalue weighted by Crippen LogP contribution is -2.48. The van der Waals surface area contributed by atoms with Crippen LogP contribution in [0.3, 0.4) is 0 Å². The molecule has 1 aliphatic heterocycles. The van der Waals surface area contributed by atoms with Crippen LogP contribution in [0.25, 0.3) is 11.1 Å². The highest BCUT2D eigenvalue weighted by Crippen LogP contribution is 2.25. The van der Waals surface area contributed by atoms with E-state index in [4.69, 9.17) is 9.57 Å². The van der Waals surface area contributed by atoms with E-state index in [-0.39, 0.29) is 12.2 Å². The van der Waals surface area contributed by atoms with Crippen LogP contribution in [-0.2, 0) is 18.1 Å². The Balaban J connectivity index is 1.32. The zero-order chi connectivity index (χ0) is 20.9. The predicted molar refractivity (Wildman–Crippen MR) is 111 cm³/mol. The van der Waals surface area contributed by atoms with Crippen LogP contribution in [0.15, 0.2) is 60.0 Å². The number of oxime groups is 1. The second kappa shape index (κ2) is 8.87. The first kappa shape index (κ1) is 19.8. The van der Waals surface area contributed by atoms with E-state index in [1.54, 1.807) is 37.7 Å². The molecular formula is C22H21FN4O3. The number of methoxy groups -OCH3 is 1. The summed E-state index contributed by atoms with van der Waals surface area (Å²) in [6.45, 7) is 1.19. The van der Waals surface area contributed by atoms with Crippen LogP contribution in [0.4, 0.5) is 10.3 Å². The molecule has 0 unspecified atom stereocenters. The van der Waals surface area contributed by atoms with Crippen LogP contribution in [0, 0.1) is 5.82 Å². The van der Waals surface area contributed by atoms with Crippen molar-refractivity contribution in [2.45, 2.75) is 13.2 Å². The fourth-order valence-electron chi connectivity index (χ4n) is 3.06. The van der Waals surface area contributed by atoms with Crippen LogP contribution >= 0.6 is 0 Å². The third-order valence-electron chi connectivity index (χ3n) is 4.81. The van der Waals surface area contributed by atoms with E-state index in [9.17, 15) is 9.50 Å². The molecule has 1 saturated heterocycles. The molecule has 7 nitrogen and oxygen atoms in total. The predicted octanol–water partition coefficient (Wildman–Crippen LogP) is 3.18. The smallest absolute Gasteiger partial charge is 0.225 e. The topological polar surface area (TPSA) is 80.1 Å². The summed E-state index contributed by atoms with van der Waals surface area (Å²) in [6.07, 6.45) is 3.16. The molecule has 0 amide bonds. The van der Waals surface area contributed by atoms with Crippen LogP contribution < -0.4 is 9.64 Å². The molecular weight excluding hydrogens is 387 g/mol. The first-order valence-electron chi connectivity index (χ1n) is 9.44. The molecule has 1 fully saturated rings. The Morgan fingerprint density at radius 1 is 1.10 bits per heavy atom. The van der Waals surface area contributed by atoms with Gasteiger partial charge in [-0.2, -0.15) is 0 Å². The Labute approximate surface area is 173 Å². The molecule has 1 aromatic heterocycles. The molecule has 4 rings (SSSR count). The van der Waals surface area contributed by atoms with E-state index in [0.29, 0.717) is 36.8 Å². The minimum Gasteiger partial charge on any atom is -0.497 e. The minimum absolute atomic E-state index is 0.245. The molecule has 1 N–H and O–H groups in total. The normalized spacial score (nSPS) is 13.0. The summed E-state index contributed by atoms with van der Waals surface area (Å²) in [7, 11) is 1.63. The lowest BCUT2D eigenvalue weighted by atomic mass is 10.1. The van der Waals surface area contributed by atoms with Gasteiger partial charge in [-0.3, -0.25) is 0 Å². The Hall–Kier alpha value is -3.52. The number of ether oxygens (including phenoxy) is 1. The van der Waals surface area contributed by atoms with E-state index in [0.717, 1.165) is 17.0 Å². The lowest BCUT2D eigenvalue weighted by Gasteiger charge is -2.31. The summed E-state index contributed by atoms with van der Waals surface area (Å²) in [6, 6.07) is 12.5. The molecule has 0 spiro atoms. The zero-order valence-corrected chi connectivity index (χ0v) is 16.5. The number of nitrogens with zero attached hydrogens (tertiary/aromatic N) is 4. The summed E-state index contributed by atoms with van der Waals surface area (Å²) in [5.41, 5.74) is 3.08. The molecule has 3 aromatic rings. The van der Waals surface area contributed by atoms with Crippen LogP contribution in [0.2, 0.25) is 0 Å². The standard InChI is InChI=1S/C22H21FN4O3/c1-29-19-7-5-15(6-8-19)14-30-26-18-11-27(12-18)22-24-9-17(10-25-22)20-4-2-3-16(13-28)21(20)23/h2-10,28H,11-14H2,1H3. The molecule has 154 valence electrons. The highest BCUT2D eigenvalue weighted by Gasteiger charge is 2.25. The second-order valence-corrected chi connectivity index (χ2v) is 6.84. The van der Waals surface area contributed by atoms with Gasteiger partial charge < -0.3 is 19.6 Å². The van der Waals surface area contributed by atoms with Gasteiger partial charge in [0.25, 0.3) is 0 Å². The van der Waals surface area contributed by atoms with Gasteiger partial charge in [0.1, 0.15) is 18.2 Å². The fourth-order valence-corrected chi connectivity index (χ4v) is 3.06. The van der Waals surface area contributed by atoms with Gasteiger partial charge in [-0.25, -0.2) is 14.4 Å². The van der Waals surface area contributed by atoms with Crippen molar-refractivity contribution in [3.05, 3.63) is 71.8 Å². The van der Waals surface area contributed by atoms with Crippen LogP contribution in [0.1, 0.15) is 11.1 Å². The number of hydrogen-bond donors (Lipinski definition) is 1. The third-order valence-corrected chi connectivity index (χ3v) is 4.81. The van der Waals surface area contributed by atoms with Crippen molar-refractivity contribution in [1.82, 2.24) is 9.97 Å². The van der Waals surface area contributed by atoms with Crippen molar-refractivity contribution in [3.8, 4) is 16.9 Å². The number of aliphatic hydroxyl groups is 1. The minimum atomic E-state index is -0.455. The van der Waals surface area contributed by atoms with Crippen molar-refractivity contribution in [3.63, 3.8) is 0 Å². The summed E-state index contributed by atoms with van der Waals surface area (Å²) in [4.78, 5) is 16.0. The van der Waals surface area contributed by atoms with Gasteiger partial charge in [0, 0.05) is 29.1 Å². The van der Waals surface area contributed by atoms with Gasteiger partial charge in [0.2, 0.25) is 5.95 Å². The van der Waals surface area contributed by atoms with E-state index in [1.807, 2.05) is 29.2 Å². The van der Waals surface area contributed by atoms with Crippen LogP contribution in [-0.4, -0.2) is 41.0 Å². The summed E-state index contributed by atoms with van der Waals surface area (Å²) in [5, 5.41) is 13.4. The number of halogens is 1. The SMILES string of the molecule is COc1ccc(CON=C2CN(c3ncc(-c4cccc(CO)c4F)cn3)C2)cc1. The molecule has 2 heterocycles. The van der Waals surface area contributed by atoms with E-state index < -0.39 is 5.82 Å². The number of aliphatic hydroxyl groups excluding tert-OH is 1. The van der Waals surface area contributed by atoms with E-state index in [2.05, 4.69) is 15.1 Å². The van der Waals surface area contributed by atoms with Gasteiger partial charge in [0.05, 0.1) is 32.5 Å². The molecule has 30 heavy (non-hydrogen) atoms. The highest BCUT2D eigenvalue weighted by molar-refractivity contribution is 5.98. The Bertz CT molecular complexity index is 1030. The average molecular weight is 408 g/mol. The molecule has 0 bridgehead atoms. The Kier molecular flexibility index (Phi) is 5.85. The highest BCUT2D eigenvalue weighted by atomic mass is 19.1. The molecule has 2 aromatic carbocycles. The number of anilines is 1. The Morgan fingerprint density at radius 3 is 2.50 bits per heavy atom. The average Bonchev–Trinajstić information content (AvgIpc) is 2.76. The first-order chi connectivity index (χ1) is 14.7. The molecule has 8 heteroatoms. The van der Waals surface area contributed by atoms with Gasteiger partial charge in [-0.15, -0.1) is 0 Å². The van der Waals surface area contributed by atoms with E-state index in [1.165, 1.54) is 0 Å². The van der Waals surface area contributed by atoms with Crippen molar-refractivity contribution in [2.75, 3.05) is 25.1 Å². The summed E-state index contributed by atoms with van der Waals surface area (Å²) < 4.78 is 19.5. The molecule has 0 radical (unpaired) electrons. The summed E-state index contributed by atoms with van der Waals surface area (Å²) >= 11 is 0. The zero-order valence-electron chi connectivity index (χ0n) is 16.5. The lowest BCUT2D eigenvalue weighted by molar-refractivity contribution is 0.129. The van der Waals surface area contributed by atoms with Gasteiger partial charge >= 0.3 is 0 Å². The van der Waals surface area contributed by atoms with Gasteiger partial charge in [-0.1, -0.05) is 35.5 Å². The van der Waals surface area contributed by atoms with Crippen molar-refractivity contribution >= 4 is 11.7 Å². The fraction of sp³-hybridized carbons (Fsp3) is 0.227. The molecule has 0 saturated carbocycles. The van der Waals surface area contributed by atoms with Crippen molar-refractivity contribution < 1.29 is 19.1 Å². The number of aromatic nitrogens is 2. The van der Waals surface area contributed by atoms with Crippen molar-refractivity contribution in [1.29, 1.82) is 0 Å². The van der Waals surface area contributed by atoms with Gasteiger partial charge in [-0.05, 0) is 17.7 Å². The maximum absolute atomic E-state index is 14.4. The number of rotatable bonds is 7. The van der Waals surface area contributed by atoms with Gasteiger partial charge in [0.15, 0.2) is 0 Å². The first-order valence-corrected chi connectivity index (χ1v) is 9.44. The largest absolute Gasteiger partial charge is 0.497 e. The Morgan fingerprint density at radius 2 is 1.83 bits per heavy atom.